The second-order valence-electron chi connectivity index (χ2n) is 9.21. The second-order valence-corrected chi connectivity index (χ2v) is 12.3. The van der Waals surface area contributed by atoms with Gasteiger partial charge in [-0.2, -0.15) is 5.10 Å². The van der Waals surface area contributed by atoms with Crippen LogP contribution in [0, 0.1) is 5.92 Å². The van der Waals surface area contributed by atoms with E-state index in [1.165, 1.54) is 11.0 Å². The van der Waals surface area contributed by atoms with E-state index >= 15 is 0 Å². The molecule has 4 heterocycles. The summed E-state index contributed by atoms with van der Waals surface area (Å²) in [5.41, 5.74) is 0.902. The summed E-state index contributed by atoms with van der Waals surface area (Å²) in [6.07, 6.45) is 9.53. The molecule has 2 aromatic heterocycles. The first-order chi connectivity index (χ1) is 16.6. The smallest absolute Gasteiger partial charge is 0.328 e. The van der Waals surface area contributed by atoms with Gasteiger partial charge < -0.3 is 10.2 Å². The van der Waals surface area contributed by atoms with Gasteiger partial charge in [-0.05, 0) is 25.8 Å². The molecule has 2 unspecified atom stereocenters. The Balaban J connectivity index is 1.46. The molecule has 5 rings (SSSR count). The van der Waals surface area contributed by atoms with Gasteiger partial charge in [0, 0.05) is 49.4 Å². The third-order valence-corrected chi connectivity index (χ3v) is 9.75. The van der Waals surface area contributed by atoms with Crippen molar-refractivity contribution in [2.45, 2.75) is 43.8 Å². The van der Waals surface area contributed by atoms with Crippen molar-refractivity contribution in [3.05, 3.63) is 46.2 Å². The number of nitrogens with zero attached hydrogens (tertiary/aromatic N) is 6. The van der Waals surface area contributed by atoms with Crippen molar-refractivity contribution in [2.24, 2.45) is 13.0 Å². The van der Waals surface area contributed by atoms with Gasteiger partial charge in [0.2, 0.25) is 21.9 Å². The van der Waals surface area contributed by atoms with Gasteiger partial charge in [-0.15, -0.1) is 0 Å². The average molecular weight is 519 g/mol. The van der Waals surface area contributed by atoms with E-state index in [0.717, 1.165) is 29.5 Å². The van der Waals surface area contributed by atoms with Crippen LogP contribution in [0.4, 0.5) is 10.7 Å². The van der Waals surface area contributed by atoms with Crippen molar-refractivity contribution in [3.8, 4) is 0 Å². The largest absolute Gasteiger partial charge is 0.357 e. The standard InChI is InChI=1S/C21H26N8O4S2/c1-21(4-5-21)26-35(32,33)16-6-15-17(30)28(12-14-9-25-27(3)10-14)20(31)29(18(15)34-16)11-13-7-23-19(22-2)24-8-13/h6-10,15,18,26H,4-5,11-12H2,1-3H3,(H,22,23,24). The van der Waals surface area contributed by atoms with Crippen LogP contribution < -0.4 is 10.0 Å². The number of hydrogen-bond acceptors (Lipinski definition) is 9. The van der Waals surface area contributed by atoms with Gasteiger partial charge in [-0.3, -0.25) is 14.4 Å². The highest BCUT2D eigenvalue weighted by molar-refractivity contribution is 8.18. The van der Waals surface area contributed by atoms with Crippen molar-refractivity contribution in [3.63, 3.8) is 0 Å². The topological polar surface area (TPSA) is 142 Å². The number of carbonyl (C=O) groups excluding carboxylic acids is 2. The van der Waals surface area contributed by atoms with Gasteiger partial charge in [-0.1, -0.05) is 11.8 Å². The van der Waals surface area contributed by atoms with Crippen LogP contribution in [0.2, 0.25) is 0 Å². The lowest BCUT2D eigenvalue weighted by Crippen LogP contribution is -2.58. The zero-order valence-electron chi connectivity index (χ0n) is 19.5. The number of nitrogens with one attached hydrogen (secondary N) is 2. The number of amides is 3. The van der Waals surface area contributed by atoms with Gasteiger partial charge in [0.25, 0.3) is 0 Å². The Hall–Kier alpha value is -2.97. The lowest BCUT2D eigenvalue weighted by Gasteiger charge is -2.41. The van der Waals surface area contributed by atoms with E-state index in [9.17, 15) is 18.0 Å². The Morgan fingerprint density at radius 2 is 1.86 bits per heavy atom. The Labute approximate surface area is 207 Å². The molecule has 1 saturated carbocycles. The molecule has 1 aliphatic carbocycles. The molecule has 2 atom stereocenters. The predicted octanol–water partition coefficient (Wildman–Crippen LogP) is 1.22. The molecule has 35 heavy (non-hydrogen) atoms. The summed E-state index contributed by atoms with van der Waals surface area (Å²) in [7, 11) is -0.359. The molecular weight excluding hydrogens is 492 g/mol. The number of rotatable bonds is 8. The van der Waals surface area contributed by atoms with Gasteiger partial charge >= 0.3 is 6.03 Å². The monoisotopic (exact) mass is 518 g/mol. The Morgan fingerprint density at radius 3 is 2.46 bits per heavy atom. The van der Waals surface area contributed by atoms with Crippen LogP contribution in [-0.4, -0.2) is 67.9 Å². The van der Waals surface area contributed by atoms with E-state index in [2.05, 4.69) is 25.1 Å². The summed E-state index contributed by atoms with van der Waals surface area (Å²) in [6.45, 7) is 2.01. The molecule has 0 spiro atoms. The van der Waals surface area contributed by atoms with Crippen LogP contribution in [-0.2, 0) is 35.0 Å². The Kier molecular flexibility index (Phi) is 5.84. The Bertz CT molecular complexity index is 1300. The van der Waals surface area contributed by atoms with Gasteiger partial charge in [0.1, 0.15) is 9.61 Å². The van der Waals surface area contributed by atoms with Crippen molar-refractivity contribution in [1.82, 2.24) is 34.3 Å². The normalized spacial score (nSPS) is 23.3. The van der Waals surface area contributed by atoms with E-state index in [-0.39, 0.29) is 17.3 Å². The zero-order valence-corrected chi connectivity index (χ0v) is 21.1. The summed E-state index contributed by atoms with van der Waals surface area (Å²) >= 11 is 1.02. The minimum Gasteiger partial charge on any atom is -0.357 e. The molecular formula is C21H26N8O4S2. The highest BCUT2D eigenvalue weighted by Gasteiger charge is 2.52. The van der Waals surface area contributed by atoms with Crippen LogP contribution >= 0.6 is 11.8 Å². The summed E-state index contributed by atoms with van der Waals surface area (Å²) in [5.74, 6) is -0.794. The number of fused-ring (bicyclic) bond motifs is 1. The first kappa shape index (κ1) is 23.8. The fourth-order valence-corrected chi connectivity index (χ4v) is 7.37. The molecule has 2 aliphatic heterocycles. The van der Waals surface area contributed by atoms with Crippen molar-refractivity contribution in [2.75, 3.05) is 12.4 Å². The van der Waals surface area contributed by atoms with E-state index in [1.807, 2.05) is 6.92 Å². The molecule has 3 aliphatic rings. The van der Waals surface area contributed by atoms with E-state index < -0.39 is 38.8 Å². The van der Waals surface area contributed by atoms with E-state index in [0.29, 0.717) is 17.1 Å². The number of aryl methyl sites for hydroxylation is 1. The van der Waals surface area contributed by atoms with Crippen LogP contribution in [0.1, 0.15) is 30.9 Å². The number of thioether (sulfide) groups is 1. The first-order valence-electron chi connectivity index (χ1n) is 11.1. The summed E-state index contributed by atoms with van der Waals surface area (Å²) < 4.78 is 30.5. The molecule has 2 fully saturated rings. The minimum absolute atomic E-state index is 0.0390. The number of carbonyl (C=O) groups is 2. The number of anilines is 1. The number of urea groups is 1. The lowest BCUT2D eigenvalue weighted by atomic mass is 10.0. The van der Waals surface area contributed by atoms with Crippen LogP contribution in [0.25, 0.3) is 0 Å². The highest BCUT2D eigenvalue weighted by Crippen LogP contribution is 2.46. The molecule has 0 radical (unpaired) electrons. The quantitative estimate of drug-likeness (QED) is 0.527. The maximum atomic E-state index is 13.6. The number of sulfonamides is 1. The van der Waals surface area contributed by atoms with Crippen LogP contribution in [0.3, 0.4) is 0 Å². The SMILES string of the molecule is CNc1ncc(CN2C(=O)N(Cc3cnn(C)c3)C(=O)C3C=C(S(=O)(=O)NC4(C)CC4)SC32)cn1. The van der Waals surface area contributed by atoms with Gasteiger partial charge in [-0.25, -0.2) is 27.9 Å². The van der Waals surface area contributed by atoms with Crippen molar-refractivity contribution >= 4 is 39.7 Å². The minimum atomic E-state index is -3.81. The fourth-order valence-electron chi connectivity index (χ4n) is 4.07. The third kappa shape index (κ3) is 4.65. The predicted molar refractivity (Wildman–Crippen MR) is 129 cm³/mol. The summed E-state index contributed by atoms with van der Waals surface area (Å²) in [5, 5.41) is 6.26. The van der Waals surface area contributed by atoms with Crippen LogP contribution in [0.5, 0.6) is 0 Å². The molecule has 2 N–H and O–H groups in total. The Morgan fingerprint density at radius 1 is 1.14 bits per heavy atom. The first-order valence-corrected chi connectivity index (χ1v) is 13.5. The van der Waals surface area contributed by atoms with Crippen molar-refractivity contribution in [1.29, 1.82) is 0 Å². The summed E-state index contributed by atoms with van der Waals surface area (Å²) in [6, 6.07) is -0.501. The number of aromatic nitrogens is 4. The maximum Gasteiger partial charge on any atom is 0.328 e. The van der Waals surface area contributed by atoms with Gasteiger partial charge in [0.05, 0.1) is 25.2 Å². The number of imide groups is 1. The van der Waals surface area contributed by atoms with Gasteiger partial charge in [0.15, 0.2) is 0 Å². The maximum absolute atomic E-state index is 13.6. The molecule has 1 saturated heterocycles. The molecule has 2 aromatic rings. The molecule has 186 valence electrons. The fraction of sp³-hybridized carbons (Fsp3) is 0.476. The average Bonchev–Trinajstić information content (AvgIpc) is 3.20. The van der Waals surface area contributed by atoms with E-state index in [4.69, 9.17) is 0 Å². The van der Waals surface area contributed by atoms with Crippen LogP contribution in [0.15, 0.2) is 35.1 Å². The second kappa shape index (κ2) is 8.60. The third-order valence-electron chi connectivity index (χ3n) is 6.22. The molecule has 12 nitrogen and oxygen atoms in total. The molecule has 0 aromatic carbocycles. The number of hydrogen-bond donors (Lipinski definition) is 2. The molecule has 0 bridgehead atoms. The lowest BCUT2D eigenvalue weighted by molar-refractivity contribution is -0.135. The van der Waals surface area contributed by atoms with Crippen molar-refractivity contribution < 1.29 is 18.0 Å². The highest BCUT2D eigenvalue weighted by atomic mass is 32.3. The molecule has 3 amide bonds. The zero-order chi connectivity index (χ0) is 25.0. The molecule has 14 heteroatoms. The van der Waals surface area contributed by atoms with E-state index in [1.54, 1.807) is 43.6 Å². The summed E-state index contributed by atoms with van der Waals surface area (Å²) in [4.78, 5) is 38.1.